The Bertz CT molecular complexity index is 625. The van der Waals surface area contributed by atoms with E-state index in [9.17, 15) is 10.2 Å². The van der Waals surface area contributed by atoms with Crippen molar-refractivity contribution in [1.29, 1.82) is 0 Å². The minimum absolute atomic E-state index is 0.0608. The van der Waals surface area contributed by atoms with Crippen molar-refractivity contribution in [1.82, 2.24) is 0 Å². The first-order valence-corrected chi connectivity index (χ1v) is 12.9. The van der Waals surface area contributed by atoms with Gasteiger partial charge in [0.05, 0.1) is 5.60 Å². The zero-order valence-corrected chi connectivity index (χ0v) is 21.9. The van der Waals surface area contributed by atoms with Gasteiger partial charge in [-0.1, -0.05) is 91.2 Å². The Morgan fingerprint density at radius 3 is 2.03 bits per heavy atom. The predicted molar refractivity (Wildman–Crippen MR) is 136 cm³/mol. The Morgan fingerprint density at radius 1 is 0.968 bits per heavy atom. The molecule has 180 valence electrons. The Morgan fingerprint density at radius 2 is 1.48 bits per heavy atom. The standard InChI is InChI=1S/C29H52O2/c1-21(2)12-9-13-22(3)14-10-15-23(4)16-11-17-24(5)18-19-29(31)25(6)20-28(30)26(7)27(29)8/h18,20-23,27,30-31H,9-17,19H2,1-8H3/b24-18+/t22-,23-,27?,29?/m1/s1. The number of aliphatic hydroxyl groups is 2. The topological polar surface area (TPSA) is 40.5 Å². The first-order valence-electron chi connectivity index (χ1n) is 12.9. The van der Waals surface area contributed by atoms with Crippen LogP contribution in [0.25, 0.3) is 0 Å². The zero-order valence-electron chi connectivity index (χ0n) is 21.9. The number of hydrogen-bond acceptors (Lipinski definition) is 2. The summed E-state index contributed by atoms with van der Waals surface area (Å²) >= 11 is 0. The third-order valence-electron chi connectivity index (χ3n) is 7.71. The number of allylic oxidation sites excluding steroid dienone is 2. The van der Waals surface area contributed by atoms with Gasteiger partial charge in [-0.05, 0) is 75.0 Å². The first kappa shape index (κ1) is 28.0. The van der Waals surface area contributed by atoms with Gasteiger partial charge in [0.1, 0.15) is 5.76 Å². The van der Waals surface area contributed by atoms with Crippen molar-refractivity contribution < 1.29 is 10.2 Å². The predicted octanol–water partition coefficient (Wildman–Crippen LogP) is 8.92. The fourth-order valence-corrected chi connectivity index (χ4v) is 4.84. The van der Waals surface area contributed by atoms with Crippen LogP contribution in [0.3, 0.4) is 0 Å². The van der Waals surface area contributed by atoms with Gasteiger partial charge in [0.15, 0.2) is 0 Å². The molecule has 0 spiro atoms. The quantitative estimate of drug-likeness (QED) is 0.269. The van der Waals surface area contributed by atoms with Crippen LogP contribution >= 0.6 is 0 Å². The van der Waals surface area contributed by atoms with E-state index in [1.54, 1.807) is 6.08 Å². The molecular formula is C29H52O2. The SMILES string of the molecule is CC1=CC(O)=C(C)C(C)C1(O)C/C=C(\C)CCC[C@H](C)CCC[C@H](C)CCCC(C)C. The molecule has 1 rings (SSSR count). The Labute approximate surface area is 193 Å². The van der Waals surface area contributed by atoms with Gasteiger partial charge in [-0.25, -0.2) is 0 Å². The monoisotopic (exact) mass is 432 g/mol. The molecule has 1 aliphatic rings. The molecule has 0 bridgehead atoms. The molecule has 0 amide bonds. The Kier molecular flexibility index (Phi) is 12.2. The highest BCUT2D eigenvalue weighted by atomic mass is 16.3. The summed E-state index contributed by atoms with van der Waals surface area (Å²) in [5.74, 6) is 2.78. The average Bonchev–Trinajstić information content (AvgIpc) is 2.69. The van der Waals surface area contributed by atoms with Crippen molar-refractivity contribution in [3.8, 4) is 0 Å². The Balaban J connectivity index is 2.30. The maximum Gasteiger partial charge on any atom is 0.114 e. The van der Waals surface area contributed by atoms with Crippen LogP contribution < -0.4 is 0 Å². The van der Waals surface area contributed by atoms with Crippen LogP contribution in [0.5, 0.6) is 0 Å². The fraction of sp³-hybridized carbons (Fsp3) is 0.793. The van der Waals surface area contributed by atoms with E-state index in [1.807, 2.05) is 20.8 Å². The normalized spacial score (nSPS) is 24.5. The summed E-state index contributed by atoms with van der Waals surface area (Å²) in [4.78, 5) is 0. The summed E-state index contributed by atoms with van der Waals surface area (Å²) in [5, 5.41) is 21.2. The van der Waals surface area contributed by atoms with Crippen LogP contribution in [-0.4, -0.2) is 15.8 Å². The highest BCUT2D eigenvalue weighted by molar-refractivity contribution is 5.37. The van der Waals surface area contributed by atoms with Crippen molar-refractivity contribution in [3.05, 3.63) is 34.6 Å². The number of hydrogen-bond donors (Lipinski definition) is 2. The number of aliphatic hydroxyl groups excluding tert-OH is 1. The van der Waals surface area contributed by atoms with Crippen molar-refractivity contribution in [2.75, 3.05) is 0 Å². The molecular weight excluding hydrogens is 380 g/mol. The largest absolute Gasteiger partial charge is 0.508 e. The molecule has 0 fully saturated rings. The lowest BCUT2D eigenvalue weighted by molar-refractivity contribution is 0.0360. The van der Waals surface area contributed by atoms with E-state index in [0.29, 0.717) is 12.2 Å². The lowest BCUT2D eigenvalue weighted by atomic mass is 9.72. The average molecular weight is 433 g/mol. The van der Waals surface area contributed by atoms with E-state index in [0.717, 1.165) is 35.3 Å². The molecule has 0 radical (unpaired) electrons. The summed E-state index contributed by atoms with van der Waals surface area (Å²) < 4.78 is 0. The molecule has 1 aliphatic carbocycles. The second-order valence-corrected chi connectivity index (χ2v) is 11.2. The van der Waals surface area contributed by atoms with Crippen LogP contribution in [0, 0.1) is 23.7 Å². The van der Waals surface area contributed by atoms with Crippen LogP contribution in [-0.2, 0) is 0 Å². The molecule has 0 saturated heterocycles. The van der Waals surface area contributed by atoms with E-state index < -0.39 is 5.60 Å². The highest BCUT2D eigenvalue weighted by Crippen LogP contribution is 2.40. The van der Waals surface area contributed by atoms with E-state index in [2.05, 4.69) is 40.7 Å². The van der Waals surface area contributed by atoms with Crippen molar-refractivity contribution >= 4 is 0 Å². The smallest absolute Gasteiger partial charge is 0.114 e. The minimum atomic E-state index is -0.878. The molecule has 0 aromatic heterocycles. The molecule has 0 aliphatic heterocycles. The molecule has 2 unspecified atom stereocenters. The van der Waals surface area contributed by atoms with Gasteiger partial charge < -0.3 is 10.2 Å². The van der Waals surface area contributed by atoms with E-state index in [4.69, 9.17) is 0 Å². The van der Waals surface area contributed by atoms with Gasteiger partial charge in [0, 0.05) is 5.92 Å². The fourth-order valence-electron chi connectivity index (χ4n) is 4.84. The maximum absolute atomic E-state index is 11.2. The molecule has 2 nitrogen and oxygen atoms in total. The van der Waals surface area contributed by atoms with E-state index in [-0.39, 0.29) is 5.92 Å². The summed E-state index contributed by atoms with van der Waals surface area (Å²) in [5.41, 5.74) is 2.23. The van der Waals surface area contributed by atoms with Gasteiger partial charge in [-0.3, -0.25) is 0 Å². The Hall–Kier alpha value is -1.02. The summed E-state index contributed by atoms with van der Waals surface area (Å²) in [7, 11) is 0. The lowest BCUT2D eigenvalue weighted by Gasteiger charge is -2.38. The van der Waals surface area contributed by atoms with Crippen LogP contribution in [0.15, 0.2) is 34.6 Å². The molecule has 2 heteroatoms. The summed E-state index contributed by atoms with van der Waals surface area (Å²) in [6.45, 7) is 17.5. The van der Waals surface area contributed by atoms with Crippen LogP contribution in [0.1, 0.15) is 120 Å². The highest BCUT2D eigenvalue weighted by Gasteiger charge is 2.39. The zero-order chi connectivity index (χ0) is 23.6. The third kappa shape index (κ3) is 9.56. The molecule has 4 atom stereocenters. The van der Waals surface area contributed by atoms with Crippen molar-refractivity contribution in [2.45, 2.75) is 125 Å². The molecule has 31 heavy (non-hydrogen) atoms. The van der Waals surface area contributed by atoms with Crippen LogP contribution in [0.2, 0.25) is 0 Å². The number of rotatable bonds is 14. The minimum Gasteiger partial charge on any atom is -0.508 e. The van der Waals surface area contributed by atoms with Gasteiger partial charge in [0.25, 0.3) is 0 Å². The van der Waals surface area contributed by atoms with Gasteiger partial charge >= 0.3 is 0 Å². The van der Waals surface area contributed by atoms with E-state index in [1.165, 1.54) is 56.9 Å². The maximum atomic E-state index is 11.2. The van der Waals surface area contributed by atoms with Crippen LogP contribution in [0.4, 0.5) is 0 Å². The van der Waals surface area contributed by atoms with E-state index >= 15 is 0 Å². The molecule has 2 N–H and O–H groups in total. The third-order valence-corrected chi connectivity index (χ3v) is 7.71. The molecule has 0 aromatic carbocycles. The van der Waals surface area contributed by atoms with Gasteiger partial charge in [0.2, 0.25) is 0 Å². The molecule has 0 saturated carbocycles. The van der Waals surface area contributed by atoms with Crippen molar-refractivity contribution in [2.24, 2.45) is 23.7 Å². The second-order valence-electron chi connectivity index (χ2n) is 11.2. The van der Waals surface area contributed by atoms with Gasteiger partial charge in [-0.2, -0.15) is 0 Å². The lowest BCUT2D eigenvalue weighted by Crippen LogP contribution is -2.40. The summed E-state index contributed by atoms with van der Waals surface area (Å²) in [6, 6.07) is 0. The van der Waals surface area contributed by atoms with Crippen molar-refractivity contribution in [3.63, 3.8) is 0 Å². The molecule has 0 aromatic rings. The summed E-state index contributed by atoms with van der Waals surface area (Å²) in [6.07, 6.45) is 16.5. The second kappa shape index (κ2) is 13.5. The van der Waals surface area contributed by atoms with Gasteiger partial charge in [-0.15, -0.1) is 0 Å². The first-order chi connectivity index (χ1) is 14.5. The molecule has 0 heterocycles.